The number of aliphatic hydroxyl groups is 1. The van der Waals surface area contributed by atoms with Gasteiger partial charge in [-0.3, -0.25) is 0 Å². The molecule has 1 N–H and O–H groups in total. The first-order valence-electron chi connectivity index (χ1n) is 3.94. The zero-order valence-corrected chi connectivity index (χ0v) is 7.33. The molecule has 66 valence electrons. The lowest BCUT2D eigenvalue weighted by Crippen LogP contribution is -2.43. The van der Waals surface area contributed by atoms with Crippen LogP contribution < -0.4 is 0 Å². The van der Waals surface area contributed by atoms with Crippen LogP contribution in [0.15, 0.2) is 0 Å². The Morgan fingerprint density at radius 3 is 2.64 bits per heavy atom. The van der Waals surface area contributed by atoms with Crippen LogP contribution in [0.5, 0.6) is 0 Å². The SMILES string of the molecule is CO[C@@]1(C)C[C@H](C)O[C@@H](O)C1. The van der Waals surface area contributed by atoms with E-state index in [-0.39, 0.29) is 11.7 Å². The van der Waals surface area contributed by atoms with Gasteiger partial charge in [-0.1, -0.05) is 0 Å². The maximum Gasteiger partial charge on any atom is 0.157 e. The standard InChI is InChI=1S/C8H16O3/c1-6-4-8(2,10-3)5-7(9)11-6/h6-7,9H,4-5H2,1-3H3/t6-,7+,8-/m0/s1. The molecule has 11 heavy (non-hydrogen) atoms. The van der Waals surface area contributed by atoms with Crippen LogP contribution >= 0.6 is 0 Å². The van der Waals surface area contributed by atoms with Crippen molar-refractivity contribution in [1.82, 2.24) is 0 Å². The fraction of sp³-hybridized carbons (Fsp3) is 1.00. The highest BCUT2D eigenvalue weighted by atomic mass is 16.6. The summed E-state index contributed by atoms with van der Waals surface area (Å²) in [4.78, 5) is 0. The molecule has 3 heteroatoms. The Kier molecular flexibility index (Phi) is 2.52. The van der Waals surface area contributed by atoms with E-state index in [4.69, 9.17) is 9.47 Å². The number of rotatable bonds is 1. The van der Waals surface area contributed by atoms with Crippen molar-refractivity contribution >= 4 is 0 Å². The second kappa shape index (κ2) is 3.09. The van der Waals surface area contributed by atoms with Crippen LogP contribution in [0.25, 0.3) is 0 Å². The van der Waals surface area contributed by atoms with E-state index in [0.29, 0.717) is 6.42 Å². The molecule has 0 aromatic carbocycles. The molecular weight excluding hydrogens is 144 g/mol. The highest BCUT2D eigenvalue weighted by Gasteiger charge is 2.35. The van der Waals surface area contributed by atoms with E-state index in [1.165, 1.54) is 0 Å². The molecule has 1 heterocycles. The van der Waals surface area contributed by atoms with Crippen LogP contribution in [0.1, 0.15) is 26.7 Å². The molecule has 0 bridgehead atoms. The van der Waals surface area contributed by atoms with Crippen LogP contribution in [-0.4, -0.2) is 30.2 Å². The lowest BCUT2D eigenvalue weighted by atomic mass is 9.92. The smallest absolute Gasteiger partial charge is 0.157 e. The molecule has 0 amide bonds. The van der Waals surface area contributed by atoms with Gasteiger partial charge >= 0.3 is 0 Å². The number of methoxy groups -OCH3 is 1. The van der Waals surface area contributed by atoms with Crippen LogP contribution in [-0.2, 0) is 9.47 Å². The fourth-order valence-corrected chi connectivity index (χ4v) is 1.59. The van der Waals surface area contributed by atoms with E-state index in [1.54, 1.807) is 7.11 Å². The molecule has 1 saturated heterocycles. The number of ether oxygens (including phenoxy) is 2. The van der Waals surface area contributed by atoms with Crippen LogP contribution in [0.2, 0.25) is 0 Å². The summed E-state index contributed by atoms with van der Waals surface area (Å²) in [6.45, 7) is 3.94. The van der Waals surface area contributed by atoms with Gasteiger partial charge in [-0.2, -0.15) is 0 Å². The lowest BCUT2D eigenvalue weighted by molar-refractivity contribution is -0.215. The van der Waals surface area contributed by atoms with Crippen molar-refractivity contribution in [3.63, 3.8) is 0 Å². The second-order valence-corrected chi connectivity index (χ2v) is 3.46. The van der Waals surface area contributed by atoms with Gasteiger partial charge in [0.2, 0.25) is 0 Å². The lowest BCUT2D eigenvalue weighted by Gasteiger charge is -2.38. The van der Waals surface area contributed by atoms with Gasteiger partial charge in [-0.05, 0) is 13.8 Å². The first-order valence-corrected chi connectivity index (χ1v) is 3.94. The zero-order chi connectivity index (χ0) is 8.48. The molecule has 0 aliphatic carbocycles. The van der Waals surface area contributed by atoms with Crippen molar-refractivity contribution < 1.29 is 14.6 Å². The van der Waals surface area contributed by atoms with Crippen molar-refractivity contribution in [2.45, 2.75) is 44.7 Å². The van der Waals surface area contributed by atoms with Crippen LogP contribution in [0.4, 0.5) is 0 Å². The van der Waals surface area contributed by atoms with Crippen molar-refractivity contribution in [2.75, 3.05) is 7.11 Å². The van der Waals surface area contributed by atoms with Gasteiger partial charge in [0.05, 0.1) is 11.7 Å². The quantitative estimate of drug-likeness (QED) is 0.619. The molecule has 3 nitrogen and oxygen atoms in total. The third-order valence-electron chi connectivity index (χ3n) is 2.21. The van der Waals surface area contributed by atoms with Gasteiger partial charge < -0.3 is 14.6 Å². The topological polar surface area (TPSA) is 38.7 Å². The number of hydrogen-bond acceptors (Lipinski definition) is 3. The molecule has 0 unspecified atom stereocenters. The average molecular weight is 160 g/mol. The largest absolute Gasteiger partial charge is 0.378 e. The Labute approximate surface area is 67.3 Å². The molecular formula is C8H16O3. The van der Waals surface area contributed by atoms with Gasteiger partial charge in [0.25, 0.3) is 0 Å². The normalized spacial score (nSPS) is 45.8. The number of aliphatic hydroxyl groups excluding tert-OH is 1. The summed E-state index contributed by atoms with van der Waals surface area (Å²) in [5, 5.41) is 9.24. The minimum atomic E-state index is -0.663. The Morgan fingerprint density at radius 2 is 2.18 bits per heavy atom. The third-order valence-corrected chi connectivity index (χ3v) is 2.21. The zero-order valence-electron chi connectivity index (χ0n) is 7.33. The molecule has 3 atom stereocenters. The third kappa shape index (κ3) is 2.15. The molecule has 0 spiro atoms. The molecule has 1 aliphatic heterocycles. The minimum Gasteiger partial charge on any atom is -0.378 e. The number of hydrogen-bond donors (Lipinski definition) is 1. The van der Waals surface area contributed by atoms with Crippen LogP contribution in [0, 0.1) is 0 Å². The predicted molar refractivity (Wildman–Crippen MR) is 41.2 cm³/mol. The Bertz CT molecular complexity index is 125. The Morgan fingerprint density at radius 1 is 1.55 bits per heavy atom. The van der Waals surface area contributed by atoms with Crippen LogP contribution in [0.3, 0.4) is 0 Å². The van der Waals surface area contributed by atoms with Crippen molar-refractivity contribution in [1.29, 1.82) is 0 Å². The summed E-state index contributed by atoms with van der Waals surface area (Å²) < 4.78 is 10.4. The first-order chi connectivity index (χ1) is 5.06. The summed E-state index contributed by atoms with van der Waals surface area (Å²) in [7, 11) is 1.67. The molecule has 0 saturated carbocycles. The Balaban J connectivity index is 2.55. The molecule has 1 aliphatic rings. The fourth-order valence-electron chi connectivity index (χ4n) is 1.59. The summed E-state index contributed by atoms with van der Waals surface area (Å²) in [6.07, 6.45) is 0.835. The van der Waals surface area contributed by atoms with E-state index in [1.807, 2.05) is 13.8 Å². The van der Waals surface area contributed by atoms with E-state index in [9.17, 15) is 5.11 Å². The van der Waals surface area contributed by atoms with E-state index < -0.39 is 6.29 Å². The van der Waals surface area contributed by atoms with E-state index in [2.05, 4.69) is 0 Å². The maximum absolute atomic E-state index is 9.24. The van der Waals surface area contributed by atoms with E-state index >= 15 is 0 Å². The predicted octanol–water partition coefficient (Wildman–Crippen LogP) is 0.909. The summed E-state index contributed by atoms with van der Waals surface area (Å²) in [5.74, 6) is 0. The molecule has 1 fully saturated rings. The van der Waals surface area contributed by atoms with Gasteiger partial charge in [-0.15, -0.1) is 0 Å². The average Bonchev–Trinajstić information content (AvgIpc) is 1.84. The highest BCUT2D eigenvalue weighted by Crippen LogP contribution is 2.29. The maximum atomic E-state index is 9.24. The van der Waals surface area contributed by atoms with Crippen molar-refractivity contribution in [3.05, 3.63) is 0 Å². The molecule has 0 aromatic rings. The monoisotopic (exact) mass is 160 g/mol. The Hall–Kier alpha value is -0.120. The summed E-state index contributed by atoms with van der Waals surface area (Å²) >= 11 is 0. The molecule has 0 radical (unpaired) electrons. The van der Waals surface area contributed by atoms with Gasteiger partial charge in [0, 0.05) is 20.0 Å². The minimum absolute atomic E-state index is 0.0868. The van der Waals surface area contributed by atoms with E-state index in [0.717, 1.165) is 6.42 Å². The first kappa shape index (κ1) is 8.97. The second-order valence-electron chi connectivity index (χ2n) is 3.46. The van der Waals surface area contributed by atoms with Gasteiger partial charge in [-0.25, -0.2) is 0 Å². The van der Waals surface area contributed by atoms with Gasteiger partial charge in [0.15, 0.2) is 6.29 Å². The molecule has 1 rings (SSSR count). The van der Waals surface area contributed by atoms with Crippen molar-refractivity contribution in [3.8, 4) is 0 Å². The van der Waals surface area contributed by atoms with Gasteiger partial charge in [0.1, 0.15) is 0 Å². The van der Waals surface area contributed by atoms with Crippen molar-refractivity contribution in [2.24, 2.45) is 0 Å². The summed E-state index contributed by atoms with van der Waals surface area (Å²) in [5.41, 5.74) is -0.211. The summed E-state index contributed by atoms with van der Waals surface area (Å²) in [6, 6.07) is 0. The molecule has 0 aromatic heterocycles. The highest BCUT2D eigenvalue weighted by molar-refractivity contribution is 4.82.